The Balaban J connectivity index is 2.48. The largest absolute Gasteiger partial charge is 0.478 e. The summed E-state index contributed by atoms with van der Waals surface area (Å²) in [4.78, 5) is 16.6. The van der Waals surface area contributed by atoms with Crippen LogP contribution < -0.4 is 4.90 Å². The van der Waals surface area contributed by atoms with E-state index in [1.54, 1.807) is 11.8 Å². The van der Waals surface area contributed by atoms with Crippen molar-refractivity contribution in [2.24, 2.45) is 0 Å². The molecule has 4 nitrogen and oxygen atoms in total. The summed E-state index contributed by atoms with van der Waals surface area (Å²) >= 11 is 0. The lowest BCUT2D eigenvalue weighted by Gasteiger charge is -2.30. The van der Waals surface area contributed by atoms with Crippen LogP contribution in [0.25, 0.3) is 0 Å². The minimum absolute atomic E-state index is 0.0593. The predicted octanol–water partition coefficient (Wildman–Crippen LogP) is 3.57. The van der Waals surface area contributed by atoms with Gasteiger partial charge in [0.15, 0.2) is 0 Å². The number of nitrogens with zero attached hydrogens (tertiary/aromatic N) is 2. The van der Waals surface area contributed by atoms with Gasteiger partial charge in [-0.2, -0.15) is 13.2 Å². The molecule has 0 radical (unpaired) electrons. The van der Waals surface area contributed by atoms with Crippen LogP contribution in [0.5, 0.6) is 0 Å². The summed E-state index contributed by atoms with van der Waals surface area (Å²) < 4.78 is 38.5. The summed E-state index contributed by atoms with van der Waals surface area (Å²) in [6.07, 6.45) is -0.873. The van der Waals surface area contributed by atoms with Crippen molar-refractivity contribution in [1.29, 1.82) is 0 Å². The first kappa shape index (κ1) is 15.6. The monoisotopic (exact) mass is 302 g/mol. The second-order valence-corrected chi connectivity index (χ2v) is 5.09. The standard InChI is InChI=1S/C14H17F3N2O2/c1-2-19(9-5-3-4-6-9)12-10(13(20)21)7-8-11(18-12)14(15,16)17/h7-9H,2-6H2,1H3,(H,20,21). The van der Waals surface area contributed by atoms with Gasteiger partial charge in [0.05, 0.1) is 0 Å². The normalized spacial score (nSPS) is 16.2. The van der Waals surface area contributed by atoms with Gasteiger partial charge in [0.1, 0.15) is 17.1 Å². The van der Waals surface area contributed by atoms with Crippen LogP contribution in [0, 0.1) is 0 Å². The fourth-order valence-corrected chi connectivity index (χ4v) is 2.79. The molecule has 1 aliphatic carbocycles. The number of carboxylic acids is 1. The quantitative estimate of drug-likeness (QED) is 0.924. The summed E-state index contributed by atoms with van der Waals surface area (Å²) in [5.74, 6) is -1.34. The third kappa shape index (κ3) is 3.28. The lowest BCUT2D eigenvalue weighted by molar-refractivity contribution is -0.141. The van der Waals surface area contributed by atoms with Gasteiger partial charge in [0.25, 0.3) is 0 Å². The van der Waals surface area contributed by atoms with Crippen molar-refractivity contribution in [3.05, 3.63) is 23.4 Å². The van der Waals surface area contributed by atoms with E-state index >= 15 is 0 Å². The number of halogens is 3. The molecule has 0 aliphatic heterocycles. The van der Waals surface area contributed by atoms with E-state index in [1.807, 2.05) is 0 Å². The molecule has 1 aromatic rings. The van der Waals surface area contributed by atoms with Crippen molar-refractivity contribution in [2.75, 3.05) is 11.4 Å². The molecule has 7 heteroatoms. The third-order valence-corrected chi connectivity index (χ3v) is 3.77. The number of carbonyl (C=O) groups is 1. The van der Waals surface area contributed by atoms with Crippen LogP contribution in [0.15, 0.2) is 12.1 Å². The fraction of sp³-hybridized carbons (Fsp3) is 0.571. The van der Waals surface area contributed by atoms with Crippen molar-refractivity contribution in [1.82, 2.24) is 4.98 Å². The lowest BCUT2D eigenvalue weighted by Crippen LogP contribution is -2.35. The zero-order chi connectivity index (χ0) is 15.6. The Morgan fingerprint density at radius 2 is 2.00 bits per heavy atom. The number of hydrogen-bond donors (Lipinski definition) is 1. The number of rotatable bonds is 4. The van der Waals surface area contributed by atoms with E-state index < -0.39 is 17.8 Å². The van der Waals surface area contributed by atoms with Gasteiger partial charge >= 0.3 is 12.1 Å². The zero-order valence-corrected chi connectivity index (χ0v) is 11.7. The molecule has 0 amide bonds. The minimum atomic E-state index is -4.58. The van der Waals surface area contributed by atoms with Crippen molar-refractivity contribution in [3.8, 4) is 0 Å². The first-order valence-corrected chi connectivity index (χ1v) is 6.92. The molecule has 116 valence electrons. The molecule has 0 bridgehead atoms. The second-order valence-electron chi connectivity index (χ2n) is 5.09. The Bertz CT molecular complexity index is 525. The highest BCUT2D eigenvalue weighted by Gasteiger charge is 2.35. The average Bonchev–Trinajstić information content (AvgIpc) is 2.92. The van der Waals surface area contributed by atoms with E-state index in [0.29, 0.717) is 6.54 Å². The Morgan fingerprint density at radius 1 is 1.38 bits per heavy atom. The van der Waals surface area contributed by atoms with Crippen molar-refractivity contribution < 1.29 is 23.1 Å². The average molecular weight is 302 g/mol. The van der Waals surface area contributed by atoms with E-state index in [-0.39, 0.29) is 17.4 Å². The zero-order valence-electron chi connectivity index (χ0n) is 11.7. The van der Waals surface area contributed by atoms with Gasteiger partial charge in [-0.05, 0) is 31.9 Å². The van der Waals surface area contributed by atoms with Crippen molar-refractivity contribution in [2.45, 2.75) is 44.8 Å². The SMILES string of the molecule is CCN(c1nc(C(F)(F)F)ccc1C(=O)O)C1CCCC1. The molecule has 0 aromatic carbocycles. The van der Waals surface area contributed by atoms with Crippen molar-refractivity contribution in [3.63, 3.8) is 0 Å². The summed E-state index contributed by atoms with van der Waals surface area (Å²) in [6, 6.07) is 1.77. The van der Waals surface area contributed by atoms with Crippen LogP contribution in [0.1, 0.15) is 48.7 Å². The lowest BCUT2D eigenvalue weighted by atomic mass is 10.1. The van der Waals surface area contributed by atoms with Crippen LogP contribution in [-0.2, 0) is 6.18 Å². The van der Waals surface area contributed by atoms with Gasteiger partial charge in [0.2, 0.25) is 0 Å². The number of aromatic nitrogens is 1. The summed E-state index contributed by atoms with van der Waals surface area (Å²) in [5.41, 5.74) is -1.24. The number of anilines is 1. The highest BCUT2D eigenvalue weighted by atomic mass is 19.4. The van der Waals surface area contributed by atoms with Crippen LogP contribution in [0.4, 0.5) is 19.0 Å². The fourth-order valence-electron chi connectivity index (χ4n) is 2.79. The number of alkyl halides is 3. The maximum Gasteiger partial charge on any atom is 0.433 e. The molecule has 0 saturated heterocycles. The smallest absolute Gasteiger partial charge is 0.433 e. The van der Waals surface area contributed by atoms with E-state index in [9.17, 15) is 23.1 Å². The van der Waals surface area contributed by atoms with Crippen LogP contribution in [0.2, 0.25) is 0 Å². The number of carboxylic acid groups (broad SMARTS) is 1. The van der Waals surface area contributed by atoms with Gasteiger partial charge in [-0.3, -0.25) is 0 Å². The Kier molecular flexibility index (Phi) is 4.39. The molecule has 1 fully saturated rings. The first-order valence-electron chi connectivity index (χ1n) is 6.92. The first-order chi connectivity index (χ1) is 9.84. The Hall–Kier alpha value is -1.79. The third-order valence-electron chi connectivity index (χ3n) is 3.77. The van der Waals surface area contributed by atoms with Gasteiger partial charge in [-0.1, -0.05) is 12.8 Å². The summed E-state index contributed by atoms with van der Waals surface area (Å²) in [5, 5.41) is 9.20. The molecule has 1 heterocycles. The molecule has 0 atom stereocenters. The maximum atomic E-state index is 12.8. The number of aromatic carboxylic acids is 1. The number of pyridine rings is 1. The van der Waals surface area contributed by atoms with Gasteiger partial charge < -0.3 is 10.0 Å². The van der Waals surface area contributed by atoms with E-state index in [0.717, 1.165) is 37.8 Å². The molecular formula is C14H17F3N2O2. The molecule has 0 unspecified atom stereocenters. The summed E-state index contributed by atoms with van der Waals surface area (Å²) in [6.45, 7) is 2.23. The van der Waals surface area contributed by atoms with E-state index in [4.69, 9.17) is 0 Å². The molecule has 1 saturated carbocycles. The summed E-state index contributed by atoms with van der Waals surface area (Å²) in [7, 11) is 0. The molecular weight excluding hydrogens is 285 g/mol. The van der Waals surface area contributed by atoms with E-state index in [2.05, 4.69) is 4.98 Å². The molecule has 21 heavy (non-hydrogen) atoms. The molecule has 1 aliphatic rings. The Labute approximate surface area is 120 Å². The van der Waals surface area contributed by atoms with Crippen LogP contribution in [-0.4, -0.2) is 28.6 Å². The van der Waals surface area contributed by atoms with Gasteiger partial charge in [-0.25, -0.2) is 9.78 Å². The molecule has 2 rings (SSSR count). The topological polar surface area (TPSA) is 53.4 Å². The Morgan fingerprint density at radius 3 is 2.48 bits per heavy atom. The van der Waals surface area contributed by atoms with Crippen LogP contribution in [0.3, 0.4) is 0 Å². The van der Waals surface area contributed by atoms with Gasteiger partial charge in [0, 0.05) is 12.6 Å². The maximum absolute atomic E-state index is 12.8. The highest BCUT2D eigenvalue weighted by Crippen LogP contribution is 2.33. The second kappa shape index (κ2) is 5.91. The number of hydrogen-bond acceptors (Lipinski definition) is 3. The van der Waals surface area contributed by atoms with Gasteiger partial charge in [-0.15, -0.1) is 0 Å². The molecule has 1 aromatic heterocycles. The predicted molar refractivity (Wildman–Crippen MR) is 71.5 cm³/mol. The molecule has 0 spiro atoms. The van der Waals surface area contributed by atoms with E-state index in [1.165, 1.54) is 0 Å². The van der Waals surface area contributed by atoms with Crippen molar-refractivity contribution >= 4 is 11.8 Å². The molecule has 1 N–H and O–H groups in total. The minimum Gasteiger partial charge on any atom is -0.478 e. The highest BCUT2D eigenvalue weighted by molar-refractivity contribution is 5.93. The van der Waals surface area contributed by atoms with Crippen LogP contribution >= 0.6 is 0 Å².